The second kappa shape index (κ2) is 38.9. The zero-order valence-corrected chi connectivity index (χ0v) is 46.5. The van der Waals surface area contributed by atoms with Crippen LogP contribution in [-0.4, -0.2) is 61.5 Å². The first kappa shape index (κ1) is 61.0. The van der Waals surface area contributed by atoms with Crippen molar-refractivity contribution >= 4 is 115 Å². The fourth-order valence-corrected chi connectivity index (χ4v) is 11.3. The number of carbonyl (C=O) groups is 6. The Labute approximate surface area is 431 Å². The van der Waals surface area contributed by atoms with E-state index in [0.29, 0.717) is 34.9 Å². The number of rotatable bonds is 38. The summed E-state index contributed by atoms with van der Waals surface area (Å²) in [6.07, 6.45) is 27.4. The molecule has 1 atom stereocenters. The van der Waals surface area contributed by atoms with Gasteiger partial charge in [0, 0.05) is 33.6 Å². The highest BCUT2D eigenvalue weighted by Crippen LogP contribution is 2.39. The first-order valence-electron chi connectivity index (χ1n) is 24.4. The van der Waals surface area contributed by atoms with Crippen LogP contribution in [0, 0.1) is 10.7 Å². The Balaban J connectivity index is 2.73. The Morgan fingerprint density at radius 1 is 0.462 bits per heavy atom. The Bertz CT molecular complexity index is 1470. The molecule has 13 nitrogen and oxygen atoms in total. The lowest BCUT2D eigenvalue weighted by Crippen LogP contribution is -2.33. The lowest BCUT2D eigenvalue weighted by Gasteiger charge is -2.21. The molecule has 0 aliphatic carbocycles. The maximum Gasteiger partial charge on any atom is 0.511 e. The largest absolute Gasteiger partial charge is 0.511 e. The van der Waals surface area contributed by atoms with Gasteiger partial charge in [-0.2, -0.15) is 0 Å². The van der Waals surface area contributed by atoms with Crippen LogP contribution < -0.4 is 10.6 Å². The van der Waals surface area contributed by atoms with Crippen LogP contribution in [0.15, 0.2) is 0 Å². The quantitative estimate of drug-likeness (QED) is 0.0212. The van der Waals surface area contributed by atoms with E-state index in [0.717, 1.165) is 38.5 Å². The third-order valence-corrected chi connectivity index (χ3v) is 14.0. The summed E-state index contributed by atoms with van der Waals surface area (Å²) in [7, 11) is 0. The monoisotopic (exact) mass is 1250 g/mol. The summed E-state index contributed by atoms with van der Waals surface area (Å²) in [4.78, 5) is 75.9. The van der Waals surface area contributed by atoms with Crippen LogP contribution in [0.25, 0.3) is 0 Å². The minimum atomic E-state index is -1.45. The van der Waals surface area contributed by atoms with Crippen molar-refractivity contribution in [2.24, 2.45) is 0 Å². The molecule has 1 aromatic rings. The van der Waals surface area contributed by atoms with E-state index >= 15 is 0 Å². The van der Waals surface area contributed by atoms with Crippen molar-refractivity contribution in [3.63, 3.8) is 0 Å². The summed E-state index contributed by atoms with van der Waals surface area (Å²) < 4.78 is 28.3. The standard InChI is InChI=1S/C49H79I3N2O11/c1-6-8-10-12-14-16-18-20-22-24-26-28-30-32-40(57)61-34-39(35-62-41(58)33-31-29-27-25-23-21-19-17-15-13-11-9-7-2)65-49(60)64-38(5)63-48(59)42-43(50)46(53-36(3)55)45(52)47(44(42)51)54-37(4)56/h38-39H,6-35H2,1-5H3,(H,53,55)(H,54,56). The van der Waals surface area contributed by atoms with Gasteiger partial charge in [0.25, 0.3) is 0 Å². The minimum Gasteiger partial charge on any atom is -0.462 e. The topological polar surface area (TPSA) is 173 Å². The van der Waals surface area contributed by atoms with Crippen LogP contribution in [0.2, 0.25) is 0 Å². The summed E-state index contributed by atoms with van der Waals surface area (Å²) in [6, 6.07) is 0. The third-order valence-electron chi connectivity index (χ3n) is 10.8. The van der Waals surface area contributed by atoms with Gasteiger partial charge in [0.1, 0.15) is 13.2 Å². The van der Waals surface area contributed by atoms with Gasteiger partial charge in [-0.3, -0.25) is 19.2 Å². The summed E-state index contributed by atoms with van der Waals surface area (Å²) in [5.74, 6) is -2.57. The van der Waals surface area contributed by atoms with Gasteiger partial charge in [0.05, 0.1) is 27.6 Å². The van der Waals surface area contributed by atoms with E-state index in [4.69, 9.17) is 23.7 Å². The number of ether oxygens (including phenoxy) is 5. The molecule has 0 bridgehead atoms. The molecule has 0 aromatic heterocycles. The Hall–Kier alpha value is -1.97. The van der Waals surface area contributed by atoms with E-state index in [1.54, 1.807) is 0 Å². The fraction of sp³-hybridized carbons (Fsp3) is 0.755. The number of benzene rings is 1. The molecule has 1 rings (SSSR count). The lowest BCUT2D eigenvalue weighted by molar-refractivity contribution is -0.156. The highest BCUT2D eigenvalue weighted by Gasteiger charge is 2.29. The number of esters is 3. The molecular formula is C49H79I3N2O11. The lowest BCUT2D eigenvalue weighted by atomic mass is 10.0. The number of amides is 2. The normalized spacial score (nSPS) is 11.5. The fourth-order valence-electron chi connectivity index (χ4n) is 7.15. The minimum absolute atomic E-state index is 0.0339. The summed E-state index contributed by atoms with van der Waals surface area (Å²) in [6.45, 7) is 7.71. The SMILES string of the molecule is CCCCCCCCCCCCCCCC(=O)OCC(COC(=O)CCCCCCCCCCCCCCC)OC(=O)OC(C)OC(=O)c1c(I)c(NC(C)=O)c(I)c(NC(C)=O)c1I. The summed E-state index contributed by atoms with van der Waals surface area (Å²) in [5, 5.41) is 5.39. The van der Waals surface area contributed by atoms with Gasteiger partial charge in [-0.15, -0.1) is 0 Å². The maximum absolute atomic E-state index is 13.5. The number of unbranched alkanes of at least 4 members (excludes halogenated alkanes) is 24. The molecule has 16 heteroatoms. The van der Waals surface area contributed by atoms with Crippen molar-refractivity contribution in [1.82, 2.24) is 0 Å². The number of hydrogen-bond donors (Lipinski definition) is 2. The van der Waals surface area contributed by atoms with Crippen molar-refractivity contribution in [1.29, 1.82) is 0 Å². The number of nitrogens with one attached hydrogen (secondary N) is 2. The van der Waals surface area contributed by atoms with Crippen molar-refractivity contribution in [3.05, 3.63) is 16.3 Å². The van der Waals surface area contributed by atoms with Crippen molar-refractivity contribution in [3.8, 4) is 0 Å². The molecule has 0 saturated heterocycles. The van der Waals surface area contributed by atoms with E-state index in [-0.39, 0.29) is 43.4 Å². The second-order valence-electron chi connectivity index (χ2n) is 16.9. The first-order valence-corrected chi connectivity index (χ1v) is 27.6. The highest BCUT2D eigenvalue weighted by molar-refractivity contribution is 14.1. The van der Waals surface area contributed by atoms with E-state index in [1.165, 1.54) is 136 Å². The van der Waals surface area contributed by atoms with Gasteiger partial charge in [0.2, 0.25) is 18.1 Å². The van der Waals surface area contributed by atoms with Crippen LogP contribution in [0.4, 0.5) is 16.2 Å². The van der Waals surface area contributed by atoms with E-state index in [9.17, 15) is 28.8 Å². The molecule has 0 aliphatic rings. The zero-order chi connectivity index (χ0) is 48.2. The van der Waals surface area contributed by atoms with Crippen LogP contribution in [0.1, 0.15) is 225 Å². The Morgan fingerprint density at radius 2 is 0.785 bits per heavy atom. The van der Waals surface area contributed by atoms with Crippen LogP contribution in [-0.2, 0) is 42.9 Å². The molecule has 2 N–H and O–H groups in total. The molecule has 372 valence electrons. The van der Waals surface area contributed by atoms with Crippen molar-refractivity contribution in [2.75, 3.05) is 23.8 Å². The highest BCUT2D eigenvalue weighted by atomic mass is 127. The van der Waals surface area contributed by atoms with Crippen LogP contribution in [0.5, 0.6) is 0 Å². The molecule has 1 aromatic carbocycles. The number of halogens is 3. The van der Waals surface area contributed by atoms with Gasteiger partial charge in [-0.25, -0.2) is 9.59 Å². The van der Waals surface area contributed by atoms with Gasteiger partial charge in [0.15, 0.2) is 6.10 Å². The molecular weight excluding hydrogens is 1170 g/mol. The van der Waals surface area contributed by atoms with Crippen LogP contribution >= 0.6 is 67.8 Å². The molecule has 0 spiro atoms. The van der Waals surface area contributed by atoms with Crippen molar-refractivity contribution in [2.45, 2.75) is 227 Å². The van der Waals surface area contributed by atoms with Gasteiger partial charge >= 0.3 is 24.1 Å². The van der Waals surface area contributed by atoms with Gasteiger partial charge < -0.3 is 34.3 Å². The van der Waals surface area contributed by atoms with Crippen LogP contribution in [0.3, 0.4) is 0 Å². The molecule has 0 radical (unpaired) electrons. The molecule has 1 unspecified atom stereocenters. The molecule has 65 heavy (non-hydrogen) atoms. The summed E-state index contributed by atoms with van der Waals surface area (Å²) in [5.41, 5.74) is 0.641. The molecule has 2 amide bonds. The van der Waals surface area contributed by atoms with E-state index in [1.807, 2.05) is 67.8 Å². The Morgan fingerprint density at radius 3 is 1.11 bits per heavy atom. The average Bonchev–Trinajstić information content (AvgIpc) is 3.25. The average molecular weight is 1250 g/mol. The third kappa shape index (κ3) is 30.2. The number of carbonyl (C=O) groups excluding carboxylic acids is 6. The zero-order valence-electron chi connectivity index (χ0n) is 40.0. The predicted octanol–water partition coefficient (Wildman–Crippen LogP) is 14.5. The predicted molar refractivity (Wildman–Crippen MR) is 282 cm³/mol. The first-order chi connectivity index (χ1) is 31.2. The Kier molecular flexibility index (Phi) is 36.6. The maximum atomic E-state index is 13.5. The molecule has 0 fully saturated rings. The summed E-state index contributed by atoms with van der Waals surface area (Å²) >= 11 is 5.77. The molecule has 0 heterocycles. The van der Waals surface area contributed by atoms with Crippen molar-refractivity contribution < 1.29 is 52.5 Å². The van der Waals surface area contributed by atoms with E-state index in [2.05, 4.69) is 24.5 Å². The second-order valence-corrected chi connectivity index (χ2v) is 20.1. The van der Waals surface area contributed by atoms with Gasteiger partial charge in [-0.1, -0.05) is 168 Å². The number of anilines is 2. The van der Waals surface area contributed by atoms with Gasteiger partial charge in [-0.05, 0) is 80.6 Å². The molecule has 0 saturated carbocycles. The van der Waals surface area contributed by atoms with E-state index < -0.39 is 36.5 Å². The smallest absolute Gasteiger partial charge is 0.462 e. The number of hydrogen-bond acceptors (Lipinski definition) is 11. The molecule has 0 aliphatic heterocycles.